The maximum absolute atomic E-state index is 12.9. The molecule has 1 amide bonds. The van der Waals surface area contributed by atoms with Crippen LogP contribution in [0.25, 0.3) is 0 Å². The second-order valence-corrected chi connectivity index (χ2v) is 6.95. The number of nitrogens with one attached hydrogen (secondary N) is 1. The zero-order valence-corrected chi connectivity index (χ0v) is 13.8. The molecule has 6 heteroatoms. The number of pyridine rings is 1. The van der Waals surface area contributed by atoms with E-state index in [9.17, 15) is 14.0 Å². The molecule has 0 aliphatic carbocycles. The van der Waals surface area contributed by atoms with Gasteiger partial charge in [-0.15, -0.1) is 0 Å². The lowest BCUT2D eigenvalue weighted by Crippen LogP contribution is -2.49. The summed E-state index contributed by atoms with van der Waals surface area (Å²) in [6.07, 6.45) is 1.07. The average molecular weight is 341 g/mol. The molecule has 130 valence electrons. The summed E-state index contributed by atoms with van der Waals surface area (Å²) in [6, 6.07) is 11.2. The van der Waals surface area contributed by atoms with Gasteiger partial charge in [0.15, 0.2) is 0 Å². The van der Waals surface area contributed by atoms with Crippen molar-refractivity contribution in [3.63, 3.8) is 0 Å². The molecular weight excluding hydrogens is 321 g/mol. The third-order valence-corrected chi connectivity index (χ3v) is 5.05. The fourth-order valence-corrected chi connectivity index (χ4v) is 4.06. The third kappa shape index (κ3) is 3.35. The van der Waals surface area contributed by atoms with Crippen LogP contribution >= 0.6 is 0 Å². The van der Waals surface area contributed by atoms with Crippen molar-refractivity contribution < 1.29 is 9.18 Å². The standard InChI is InChI=1S/C19H20FN3O2/c20-15-4-6-16(7-5-15)21-18(24)12-22-9-13-8-14(11-22)17-2-1-3-19(25)23(17)10-13/h1-7,13-14H,8-12H2,(H,21,24). The van der Waals surface area contributed by atoms with Crippen molar-refractivity contribution in [2.24, 2.45) is 5.92 Å². The zero-order chi connectivity index (χ0) is 17.4. The average Bonchev–Trinajstić information content (AvgIpc) is 2.58. The predicted molar refractivity (Wildman–Crippen MR) is 93.0 cm³/mol. The molecule has 1 N–H and O–H groups in total. The zero-order valence-electron chi connectivity index (χ0n) is 13.8. The Morgan fingerprint density at radius 2 is 1.92 bits per heavy atom. The largest absolute Gasteiger partial charge is 0.325 e. The van der Waals surface area contributed by atoms with Crippen molar-refractivity contribution in [2.45, 2.75) is 18.9 Å². The van der Waals surface area contributed by atoms with Crippen LogP contribution in [0.4, 0.5) is 10.1 Å². The van der Waals surface area contributed by atoms with Gasteiger partial charge >= 0.3 is 0 Å². The fraction of sp³-hybridized carbons (Fsp3) is 0.368. The number of benzene rings is 1. The molecular formula is C19H20FN3O2. The van der Waals surface area contributed by atoms with E-state index in [0.29, 0.717) is 24.1 Å². The van der Waals surface area contributed by atoms with Gasteiger partial charge in [-0.1, -0.05) is 6.07 Å². The van der Waals surface area contributed by atoms with Crippen molar-refractivity contribution in [3.8, 4) is 0 Å². The van der Waals surface area contributed by atoms with Crippen LogP contribution in [0.5, 0.6) is 0 Å². The fourth-order valence-electron chi connectivity index (χ4n) is 4.06. The number of anilines is 1. The minimum atomic E-state index is -0.323. The number of fused-ring (bicyclic) bond motifs is 4. The molecule has 0 spiro atoms. The molecule has 4 rings (SSSR count). The quantitative estimate of drug-likeness (QED) is 0.930. The van der Waals surface area contributed by atoms with Gasteiger partial charge in [0.25, 0.3) is 5.56 Å². The topological polar surface area (TPSA) is 54.3 Å². The van der Waals surface area contributed by atoms with Gasteiger partial charge in [-0.25, -0.2) is 4.39 Å². The Morgan fingerprint density at radius 3 is 2.72 bits per heavy atom. The second-order valence-electron chi connectivity index (χ2n) is 6.95. The van der Waals surface area contributed by atoms with E-state index in [4.69, 9.17) is 0 Å². The minimum absolute atomic E-state index is 0.0645. The van der Waals surface area contributed by atoms with Gasteiger partial charge in [0.05, 0.1) is 6.54 Å². The Morgan fingerprint density at radius 1 is 1.12 bits per heavy atom. The number of amides is 1. The summed E-state index contributed by atoms with van der Waals surface area (Å²) in [6.45, 7) is 2.62. The molecule has 1 aromatic heterocycles. The molecule has 2 bridgehead atoms. The Bertz CT molecular complexity index is 846. The Labute approximate surface area is 145 Å². The minimum Gasteiger partial charge on any atom is -0.325 e. The summed E-state index contributed by atoms with van der Waals surface area (Å²) in [5, 5.41) is 2.81. The number of rotatable bonds is 3. The summed E-state index contributed by atoms with van der Waals surface area (Å²) in [5.41, 5.74) is 1.74. The summed E-state index contributed by atoms with van der Waals surface area (Å²) in [5.74, 6) is 0.262. The van der Waals surface area contributed by atoms with Crippen molar-refractivity contribution in [3.05, 3.63) is 64.3 Å². The monoisotopic (exact) mass is 341 g/mol. The number of halogens is 1. The molecule has 1 fully saturated rings. The Hall–Kier alpha value is -2.47. The number of piperidine rings is 1. The van der Waals surface area contributed by atoms with E-state index in [1.54, 1.807) is 18.2 Å². The van der Waals surface area contributed by atoms with Gasteiger partial charge in [-0.3, -0.25) is 14.5 Å². The highest BCUT2D eigenvalue weighted by Crippen LogP contribution is 2.34. The summed E-state index contributed by atoms with van der Waals surface area (Å²) in [7, 11) is 0. The maximum atomic E-state index is 12.9. The van der Waals surface area contributed by atoms with Crippen molar-refractivity contribution >= 4 is 11.6 Å². The number of hydrogen-bond acceptors (Lipinski definition) is 3. The van der Waals surface area contributed by atoms with Gasteiger partial charge in [-0.05, 0) is 42.7 Å². The molecule has 1 aromatic carbocycles. The van der Waals surface area contributed by atoms with E-state index >= 15 is 0 Å². The highest BCUT2D eigenvalue weighted by Gasteiger charge is 2.34. The first-order chi connectivity index (χ1) is 12.1. The van der Waals surface area contributed by atoms with E-state index in [-0.39, 0.29) is 17.3 Å². The Balaban J connectivity index is 1.43. The van der Waals surface area contributed by atoms with E-state index in [1.807, 2.05) is 16.7 Å². The lowest BCUT2D eigenvalue weighted by molar-refractivity contribution is -0.117. The number of carbonyl (C=O) groups is 1. The highest BCUT2D eigenvalue weighted by atomic mass is 19.1. The number of nitrogens with zero attached hydrogens (tertiary/aromatic N) is 2. The van der Waals surface area contributed by atoms with E-state index in [2.05, 4.69) is 10.2 Å². The number of aromatic nitrogens is 1. The second kappa shape index (κ2) is 6.44. The molecule has 2 aromatic rings. The van der Waals surface area contributed by atoms with Crippen molar-refractivity contribution in [2.75, 3.05) is 25.0 Å². The molecule has 0 saturated carbocycles. The van der Waals surface area contributed by atoms with Gasteiger partial charge < -0.3 is 9.88 Å². The predicted octanol–water partition coefficient (Wildman–Crippen LogP) is 2.05. The Kier molecular flexibility index (Phi) is 4.13. The third-order valence-electron chi connectivity index (χ3n) is 5.05. The molecule has 2 unspecified atom stereocenters. The van der Waals surface area contributed by atoms with Crippen LogP contribution in [0.1, 0.15) is 18.0 Å². The molecule has 1 saturated heterocycles. The molecule has 0 radical (unpaired) electrons. The maximum Gasteiger partial charge on any atom is 0.250 e. The molecule has 2 atom stereocenters. The lowest BCUT2D eigenvalue weighted by atomic mass is 9.83. The van der Waals surface area contributed by atoms with Crippen molar-refractivity contribution in [1.29, 1.82) is 0 Å². The van der Waals surface area contributed by atoms with Crippen LogP contribution in [0.3, 0.4) is 0 Å². The number of likely N-dealkylation sites (tertiary alicyclic amines) is 1. The molecule has 5 nitrogen and oxygen atoms in total. The van der Waals surface area contributed by atoms with Crippen LogP contribution in [0, 0.1) is 11.7 Å². The SMILES string of the molecule is O=C(CN1CC2CC(C1)c1cccc(=O)n1C2)Nc1ccc(F)cc1. The molecule has 2 aliphatic heterocycles. The van der Waals surface area contributed by atoms with Crippen LogP contribution in [-0.4, -0.2) is 35.0 Å². The van der Waals surface area contributed by atoms with Gasteiger partial charge in [-0.2, -0.15) is 0 Å². The van der Waals surface area contributed by atoms with E-state index in [1.165, 1.54) is 12.1 Å². The summed E-state index contributed by atoms with van der Waals surface area (Å²) < 4.78 is 14.8. The van der Waals surface area contributed by atoms with Crippen molar-refractivity contribution in [1.82, 2.24) is 9.47 Å². The molecule has 2 aliphatic rings. The molecule has 25 heavy (non-hydrogen) atoms. The van der Waals surface area contributed by atoms with E-state index in [0.717, 1.165) is 31.7 Å². The van der Waals surface area contributed by atoms with Crippen LogP contribution in [0.2, 0.25) is 0 Å². The first-order valence-corrected chi connectivity index (χ1v) is 8.56. The van der Waals surface area contributed by atoms with Gasteiger partial charge in [0, 0.05) is 43.0 Å². The lowest BCUT2D eigenvalue weighted by Gasteiger charge is -2.42. The normalized spacial score (nSPS) is 22.3. The number of carbonyl (C=O) groups excluding carboxylic acids is 1. The van der Waals surface area contributed by atoms with Crippen LogP contribution in [0.15, 0.2) is 47.3 Å². The smallest absolute Gasteiger partial charge is 0.250 e. The number of hydrogen-bond donors (Lipinski definition) is 1. The highest BCUT2D eigenvalue weighted by molar-refractivity contribution is 5.92. The summed E-state index contributed by atoms with van der Waals surface area (Å²) >= 11 is 0. The van der Waals surface area contributed by atoms with Gasteiger partial charge in [0.1, 0.15) is 5.82 Å². The first kappa shape index (κ1) is 16.0. The van der Waals surface area contributed by atoms with Gasteiger partial charge in [0.2, 0.25) is 5.91 Å². The van der Waals surface area contributed by atoms with Crippen LogP contribution in [-0.2, 0) is 11.3 Å². The summed E-state index contributed by atoms with van der Waals surface area (Å²) in [4.78, 5) is 26.5. The molecule has 3 heterocycles. The first-order valence-electron chi connectivity index (χ1n) is 8.56. The van der Waals surface area contributed by atoms with Crippen LogP contribution < -0.4 is 10.9 Å². The van der Waals surface area contributed by atoms with E-state index < -0.39 is 0 Å².